The number of hydrogen-bond acceptors (Lipinski definition) is 3. The van der Waals surface area contributed by atoms with Crippen molar-refractivity contribution in [2.75, 3.05) is 31.1 Å². The van der Waals surface area contributed by atoms with Gasteiger partial charge in [0.1, 0.15) is 5.82 Å². The summed E-state index contributed by atoms with van der Waals surface area (Å²) in [5.41, 5.74) is 0.406. The van der Waals surface area contributed by atoms with Crippen LogP contribution in [0.1, 0.15) is 44.6 Å². The van der Waals surface area contributed by atoms with Gasteiger partial charge in [0, 0.05) is 55.6 Å². The molecule has 2 fully saturated rings. The second-order valence-electron chi connectivity index (χ2n) is 10.2. The summed E-state index contributed by atoms with van der Waals surface area (Å²) in [5.74, 6) is -1.91. The van der Waals surface area contributed by atoms with Crippen LogP contribution >= 0.6 is 23.2 Å². The Labute approximate surface area is 225 Å². The molecule has 2 aromatic carbocycles. The fourth-order valence-corrected chi connectivity index (χ4v) is 5.75. The molecule has 0 radical (unpaired) electrons. The number of carbonyl (C=O) groups excluding carboxylic acids is 2. The van der Waals surface area contributed by atoms with E-state index in [9.17, 15) is 18.8 Å². The molecular formula is C27H30Cl2FN3O4. The topological polar surface area (TPSA) is 81.2 Å². The lowest BCUT2D eigenvalue weighted by Crippen LogP contribution is -2.53. The number of carboxylic acid groups (broad SMARTS) is 1. The maximum Gasteiger partial charge on any atom is 0.325 e. The number of halogens is 3. The number of likely N-dealkylation sites (tertiary alicyclic amines) is 1. The molecule has 1 N–H and O–H groups in total. The summed E-state index contributed by atoms with van der Waals surface area (Å²) in [6.07, 6.45) is 0.194. The fraction of sp³-hybridized carbons (Fsp3) is 0.444. The lowest BCUT2D eigenvalue weighted by atomic mass is 9.81. The van der Waals surface area contributed by atoms with Gasteiger partial charge in [-0.05, 0) is 54.3 Å². The molecule has 7 nitrogen and oxygen atoms in total. The minimum atomic E-state index is -0.958. The Hall–Kier alpha value is -2.84. The first-order valence-electron chi connectivity index (χ1n) is 12.3. The van der Waals surface area contributed by atoms with E-state index >= 15 is 0 Å². The highest BCUT2D eigenvalue weighted by Crippen LogP contribution is 2.47. The number of hydrogen-bond donors (Lipinski definition) is 1. The lowest BCUT2D eigenvalue weighted by molar-refractivity contribution is -0.137. The van der Waals surface area contributed by atoms with Crippen molar-refractivity contribution in [1.82, 2.24) is 9.80 Å². The van der Waals surface area contributed by atoms with Crippen LogP contribution in [0.4, 0.5) is 14.9 Å². The highest BCUT2D eigenvalue weighted by atomic mass is 35.5. The van der Waals surface area contributed by atoms with Gasteiger partial charge >= 0.3 is 12.0 Å². The van der Waals surface area contributed by atoms with Gasteiger partial charge in [-0.1, -0.05) is 43.1 Å². The van der Waals surface area contributed by atoms with Gasteiger partial charge in [-0.2, -0.15) is 0 Å². The average Bonchev–Trinajstić information content (AvgIpc) is 3.33. The number of aliphatic carboxylic acids is 1. The van der Waals surface area contributed by atoms with Crippen molar-refractivity contribution >= 4 is 46.8 Å². The van der Waals surface area contributed by atoms with Crippen molar-refractivity contribution in [3.8, 4) is 0 Å². The maximum absolute atomic E-state index is 14.6. The van der Waals surface area contributed by atoms with E-state index in [0.717, 1.165) is 0 Å². The molecule has 10 heteroatoms. The molecular weight excluding hydrogens is 520 g/mol. The SMILES string of the molecule is CC(C)CN1C[C@@]2(CN(C(=O)CCCC(=O)O)C[C@@H]2c2ccc(Cl)c(F)c2)N(c2ccc(Cl)cc2)C1=O. The van der Waals surface area contributed by atoms with Crippen molar-refractivity contribution in [2.45, 2.75) is 44.6 Å². The molecule has 0 aliphatic carbocycles. The predicted molar refractivity (Wildman–Crippen MR) is 141 cm³/mol. The van der Waals surface area contributed by atoms with Crippen LogP contribution in [-0.2, 0) is 9.59 Å². The fourth-order valence-electron chi connectivity index (χ4n) is 5.51. The van der Waals surface area contributed by atoms with Gasteiger partial charge in [0.05, 0.1) is 10.6 Å². The lowest BCUT2D eigenvalue weighted by Gasteiger charge is -2.38. The molecule has 1 spiro atoms. The Morgan fingerprint density at radius 1 is 1.11 bits per heavy atom. The minimum absolute atomic E-state index is 0.00381. The van der Waals surface area contributed by atoms with E-state index in [0.29, 0.717) is 29.4 Å². The van der Waals surface area contributed by atoms with E-state index in [4.69, 9.17) is 28.3 Å². The summed E-state index contributed by atoms with van der Waals surface area (Å²) in [4.78, 5) is 43.2. The van der Waals surface area contributed by atoms with Crippen LogP contribution in [0.25, 0.3) is 0 Å². The number of benzene rings is 2. The van der Waals surface area contributed by atoms with Gasteiger partial charge in [-0.3, -0.25) is 14.5 Å². The Morgan fingerprint density at radius 2 is 1.81 bits per heavy atom. The molecule has 37 heavy (non-hydrogen) atoms. The summed E-state index contributed by atoms with van der Waals surface area (Å²) in [7, 11) is 0. The quantitative estimate of drug-likeness (QED) is 0.461. The number of carbonyl (C=O) groups is 3. The molecule has 0 unspecified atom stereocenters. The largest absolute Gasteiger partial charge is 0.481 e. The number of rotatable bonds is 8. The standard InChI is InChI=1S/C27H30Cl2FN3O4/c1-17(2)13-32-16-27(33(26(32)37)20-9-7-19(28)8-10-20)15-31(24(34)4-3-5-25(35)36)14-21(27)18-6-11-22(29)23(30)12-18/h6-12,17,21H,3-5,13-16H2,1-2H3,(H,35,36)/t21-,27-/m1/s1. The van der Waals surface area contributed by atoms with Crippen LogP contribution in [-0.4, -0.2) is 64.5 Å². The van der Waals surface area contributed by atoms with Crippen molar-refractivity contribution in [2.24, 2.45) is 5.92 Å². The van der Waals surface area contributed by atoms with E-state index in [1.807, 2.05) is 13.8 Å². The highest BCUT2D eigenvalue weighted by Gasteiger charge is 2.60. The summed E-state index contributed by atoms with van der Waals surface area (Å²) in [6, 6.07) is 11.4. The molecule has 2 atom stereocenters. The van der Waals surface area contributed by atoms with Crippen LogP contribution in [0, 0.1) is 11.7 Å². The van der Waals surface area contributed by atoms with Gasteiger partial charge in [0.2, 0.25) is 5.91 Å². The summed E-state index contributed by atoms with van der Waals surface area (Å²) >= 11 is 12.1. The highest BCUT2D eigenvalue weighted by molar-refractivity contribution is 6.31. The summed E-state index contributed by atoms with van der Waals surface area (Å²) in [5, 5.41) is 9.50. The van der Waals surface area contributed by atoms with E-state index in [2.05, 4.69) is 0 Å². The smallest absolute Gasteiger partial charge is 0.325 e. The molecule has 2 aliphatic heterocycles. The van der Waals surface area contributed by atoms with E-state index in [1.165, 1.54) is 12.1 Å². The minimum Gasteiger partial charge on any atom is -0.481 e. The zero-order chi connectivity index (χ0) is 26.9. The van der Waals surface area contributed by atoms with E-state index in [1.54, 1.807) is 45.0 Å². The normalized spacial score (nSPS) is 21.5. The molecule has 0 bridgehead atoms. The number of nitrogens with zero attached hydrogens (tertiary/aromatic N) is 3. The van der Waals surface area contributed by atoms with E-state index < -0.39 is 23.2 Å². The third kappa shape index (κ3) is 5.55. The Balaban J connectivity index is 1.79. The predicted octanol–water partition coefficient (Wildman–Crippen LogP) is 5.65. The van der Waals surface area contributed by atoms with Gasteiger partial charge < -0.3 is 14.9 Å². The monoisotopic (exact) mass is 549 g/mol. The molecule has 2 saturated heterocycles. The van der Waals surface area contributed by atoms with Gasteiger partial charge in [0.25, 0.3) is 0 Å². The second-order valence-corrected chi connectivity index (χ2v) is 11.1. The second kappa shape index (κ2) is 10.9. The van der Waals surface area contributed by atoms with Crippen LogP contribution < -0.4 is 4.90 Å². The van der Waals surface area contributed by atoms with Gasteiger partial charge in [-0.25, -0.2) is 9.18 Å². The molecule has 0 aromatic heterocycles. The van der Waals surface area contributed by atoms with Gasteiger partial charge in [-0.15, -0.1) is 0 Å². The Bertz CT molecular complexity index is 1190. The van der Waals surface area contributed by atoms with Crippen molar-refractivity contribution < 1.29 is 23.9 Å². The molecule has 2 heterocycles. The zero-order valence-electron chi connectivity index (χ0n) is 20.8. The van der Waals surface area contributed by atoms with Crippen molar-refractivity contribution in [1.29, 1.82) is 0 Å². The molecule has 4 rings (SSSR count). The molecule has 2 aliphatic rings. The van der Waals surface area contributed by atoms with Crippen molar-refractivity contribution in [3.05, 3.63) is 63.9 Å². The molecule has 3 amide bonds. The van der Waals surface area contributed by atoms with Crippen LogP contribution in [0.2, 0.25) is 10.0 Å². The first-order chi connectivity index (χ1) is 17.5. The first kappa shape index (κ1) is 27.2. The van der Waals surface area contributed by atoms with E-state index in [-0.39, 0.29) is 55.2 Å². The number of urea groups is 1. The van der Waals surface area contributed by atoms with Gasteiger partial charge in [0.15, 0.2) is 0 Å². The Kier molecular flexibility index (Phi) is 7.99. The molecule has 0 saturated carbocycles. The molecule has 2 aromatic rings. The third-order valence-corrected chi connectivity index (χ3v) is 7.60. The van der Waals surface area contributed by atoms with Crippen LogP contribution in [0.5, 0.6) is 0 Å². The summed E-state index contributed by atoms with van der Waals surface area (Å²) < 4.78 is 14.6. The van der Waals surface area contributed by atoms with Crippen molar-refractivity contribution in [3.63, 3.8) is 0 Å². The first-order valence-corrected chi connectivity index (χ1v) is 13.1. The summed E-state index contributed by atoms with van der Waals surface area (Å²) in [6.45, 7) is 5.43. The third-order valence-electron chi connectivity index (χ3n) is 7.04. The average molecular weight is 550 g/mol. The number of amides is 3. The zero-order valence-corrected chi connectivity index (χ0v) is 22.3. The maximum atomic E-state index is 14.6. The molecule has 198 valence electrons. The number of carboxylic acids is 1. The number of anilines is 1. The van der Waals surface area contributed by atoms with Crippen LogP contribution in [0.3, 0.4) is 0 Å². The Morgan fingerprint density at radius 3 is 2.43 bits per heavy atom. The van der Waals surface area contributed by atoms with Crippen LogP contribution in [0.15, 0.2) is 42.5 Å².